The first-order valence-corrected chi connectivity index (χ1v) is 46.4. The van der Waals surface area contributed by atoms with E-state index in [2.05, 4.69) is 481 Å². The Morgan fingerprint density at radius 1 is 0.200 bits per heavy atom. The SMILES string of the molecule is C.C.CC1(C)c2ccccc2C2(c3ccccc3-c3ccc(-c4ccc5oc6ccc(Cl)cc6c5c4)cc32)c2ccccc21.CC1(C)c2ccccc2C2(c3ccccc3-c3ccc(-c4ccc5oc6ccc(N(c7ccc(-c8ccccc8)cc7)c7ccc(-c8ccccc8)cc7)cc6c5c4)cc32)c2ccccc21.c1ccc(-c2ccc(Nc3ccc(-c4ccccc4)cc3)cc2)cc1. The minimum absolute atomic E-state index is 0. The summed E-state index contributed by atoms with van der Waals surface area (Å²) in [7, 11) is 0. The van der Waals surface area contributed by atoms with E-state index in [1.807, 2.05) is 30.3 Å². The summed E-state index contributed by atoms with van der Waals surface area (Å²) in [6.45, 7) is 9.50. The van der Waals surface area contributed by atoms with Crippen LogP contribution in [0.2, 0.25) is 5.02 Å². The monoisotopic (exact) mass is 1750 g/mol. The van der Waals surface area contributed by atoms with E-state index in [1.54, 1.807) is 0 Å². The van der Waals surface area contributed by atoms with E-state index in [0.717, 1.165) is 83.4 Å². The van der Waals surface area contributed by atoms with Crippen molar-refractivity contribution in [2.75, 3.05) is 10.2 Å². The van der Waals surface area contributed by atoms with Gasteiger partial charge in [-0.2, -0.15) is 0 Å². The molecular formula is C130H99ClN2O2. The van der Waals surface area contributed by atoms with Gasteiger partial charge in [-0.3, -0.25) is 0 Å². The molecule has 648 valence electrons. The van der Waals surface area contributed by atoms with Gasteiger partial charge >= 0.3 is 0 Å². The first kappa shape index (κ1) is 84.4. The van der Waals surface area contributed by atoms with Crippen LogP contribution in [-0.4, -0.2) is 0 Å². The van der Waals surface area contributed by atoms with Crippen molar-refractivity contribution in [1.29, 1.82) is 0 Å². The smallest absolute Gasteiger partial charge is 0.135 e. The molecule has 4 aliphatic carbocycles. The molecular weight excluding hydrogens is 1660 g/mol. The van der Waals surface area contributed by atoms with Crippen molar-refractivity contribution in [2.24, 2.45) is 0 Å². The number of hydrogen-bond acceptors (Lipinski definition) is 4. The number of rotatable bonds is 11. The molecule has 5 heteroatoms. The average Bonchev–Trinajstić information content (AvgIpc) is 1.52. The molecule has 2 spiro atoms. The Hall–Kier alpha value is -16.1. The van der Waals surface area contributed by atoms with E-state index < -0.39 is 10.8 Å². The highest BCUT2D eigenvalue weighted by Gasteiger charge is 2.55. The quantitative estimate of drug-likeness (QED) is 0.140. The second kappa shape index (κ2) is 33.9. The maximum absolute atomic E-state index is 6.60. The molecule has 26 rings (SSSR count). The lowest BCUT2D eigenvalue weighted by atomic mass is 9.55. The fraction of sp³-hybridized carbons (Fsp3) is 0.0769. The number of furan rings is 2. The Morgan fingerprint density at radius 3 is 0.800 bits per heavy atom. The number of anilines is 5. The van der Waals surface area contributed by atoms with E-state index in [-0.39, 0.29) is 25.7 Å². The number of nitrogens with one attached hydrogen (secondary N) is 1. The molecule has 4 aliphatic rings. The van der Waals surface area contributed by atoms with E-state index >= 15 is 0 Å². The van der Waals surface area contributed by atoms with E-state index in [4.69, 9.17) is 20.4 Å². The summed E-state index contributed by atoms with van der Waals surface area (Å²) in [5.41, 5.74) is 43.8. The Kier molecular flexibility index (Phi) is 21.2. The van der Waals surface area contributed by atoms with Gasteiger partial charge in [0.25, 0.3) is 0 Å². The molecule has 0 unspecified atom stereocenters. The summed E-state index contributed by atoms with van der Waals surface area (Å²) in [5.74, 6) is 0. The highest BCUT2D eigenvalue weighted by atomic mass is 35.5. The summed E-state index contributed by atoms with van der Waals surface area (Å²) in [5, 5.41) is 8.48. The third-order valence-corrected chi connectivity index (χ3v) is 28.9. The van der Waals surface area contributed by atoms with Crippen LogP contribution < -0.4 is 10.2 Å². The fourth-order valence-electron chi connectivity index (χ4n) is 22.3. The van der Waals surface area contributed by atoms with Crippen molar-refractivity contribution in [2.45, 2.75) is 64.2 Å². The third kappa shape index (κ3) is 14.0. The molecule has 0 amide bonds. The van der Waals surface area contributed by atoms with Crippen LogP contribution in [0, 0.1) is 0 Å². The molecule has 0 saturated carbocycles. The van der Waals surface area contributed by atoms with Crippen molar-refractivity contribution < 1.29 is 8.83 Å². The summed E-state index contributed by atoms with van der Waals surface area (Å²) < 4.78 is 12.7. The molecule has 0 atom stereocenters. The molecule has 0 bridgehead atoms. The average molecular weight is 1760 g/mol. The summed E-state index contributed by atoms with van der Waals surface area (Å²) >= 11 is 6.38. The van der Waals surface area contributed by atoms with Crippen molar-refractivity contribution in [1.82, 2.24) is 0 Å². The lowest BCUT2D eigenvalue weighted by Gasteiger charge is -2.46. The van der Waals surface area contributed by atoms with Gasteiger partial charge in [-0.1, -0.05) is 406 Å². The summed E-state index contributed by atoms with van der Waals surface area (Å²) in [6.07, 6.45) is 0. The first-order valence-electron chi connectivity index (χ1n) is 46.0. The Morgan fingerprint density at radius 2 is 0.444 bits per heavy atom. The van der Waals surface area contributed by atoms with Crippen LogP contribution in [-0.2, 0) is 21.7 Å². The molecule has 4 nitrogen and oxygen atoms in total. The maximum Gasteiger partial charge on any atom is 0.135 e. The lowest BCUT2D eigenvalue weighted by molar-refractivity contribution is 0.563. The molecule has 22 aromatic rings. The van der Waals surface area contributed by atoms with Crippen LogP contribution in [0.3, 0.4) is 0 Å². The number of halogens is 1. The second-order valence-corrected chi connectivity index (χ2v) is 37.1. The van der Waals surface area contributed by atoms with Gasteiger partial charge in [-0.25, -0.2) is 0 Å². The Balaban J connectivity index is 0.000000130. The van der Waals surface area contributed by atoms with Crippen molar-refractivity contribution in [3.8, 4) is 89.0 Å². The van der Waals surface area contributed by atoms with Crippen molar-refractivity contribution in [3.63, 3.8) is 0 Å². The standard InChI is InChI=1S/C64H45NO.C40H27ClO.C24H19N.2CH4/c1-63(2)56-21-11-13-23-58(56)64(59-24-14-12-22-57(59)63)55-20-10-9-19-51(55)52-36-29-47(40-60(52)64)46-30-37-61-53(39-46)54-41-50(35-38-62(54)66-61)65(48-31-25-44(26-32-48)42-15-5-3-6-16-42)49-33-27-45(28-34-49)43-17-7-4-8-18-43;1-39(2)32-11-5-7-13-34(32)40(35-14-8-6-12-33(35)39)31-10-4-3-9-27(31)28-18-15-25(22-36(28)40)24-16-19-37-29(21-24)30-23-26(41)17-20-38(30)42-37;1-3-7-19(8-4-1)21-11-15-23(16-12-21)25-24-17-13-22(14-18-24)20-9-5-2-6-10-20;;/h3-41H,1-2H3;3-23H,1-2H3;1-18,25H;2*1H4. The predicted octanol–water partition coefficient (Wildman–Crippen LogP) is 36.0. The van der Waals surface area contributed by atoms with Crippen molar-refractivity contribution >= 4 is 83.9 Å². The van der Waals surface area contributed by atoms with Crippen LogP contribution in [0.25, 0.3) is 133 Å². The predicted molar refractivity (Wildman–Crippen MR) is 568 cm³/mol. The molecule has 20 aromatic carbocycles. The van der Waals surface area contributed by atoms with Gasteiger partial charge in [-0.05, 0) is 277 Å². The van der Waals surface area contributed by atoms with Gasteiger partial charge in [0, 0.05) is 65.8 Å². The summed E-state index contributed by atoms with van der Waals surface area (Å²) in [4.78, 5) is 2.35. The number of benzene rings is 20. The van der Waals surface area contributed by atoms with Gasteiger partial charge < -0.3 is 19.1 Å². The molecule has 0 saturated heterocycles. The second-order valence-electron chi connectivity index (χ2n) is 36.7. The zero-order valence-corrected chi connectivity index (χ0v) is 74.9. The minimum atomic E-state index is -0.450. The molecule has 0 aliphatic heterocycles. The van der Waals surface area contributed by atoms with Crippen LogP contribution in [0.5, 0.6) is 0 Å². The largest absolute Gasteiger partial charge is 0.456 e. The van der Waals surface area contributed by atoms with Crippen LogP contribution in [0.1, 0.15) is 109 Å². The molecule has 0 fully saturated rings. The van der Waals surface area contributed by atoms with Gasteiger partial charge in [0.15, 0.2) is 0 Å². The van der Waals surface area contributed by atoms with Crippen LogP contribution in [0.15, 0.2) is 482 Å². The van der Waals surface area contributed by atoms with E-state index in [0.29, 0.717) is 5.02 Å². The molecule has 1 N–H and O–H groups in total. The number of nitrogens with zero attached hydrogens (tertiary/aromatic N) is 1. The summed E-state index contributed by atoms with van der Waals surface area (Å²) in [6, 6.07) is 171. The molecule has 2 aromatic heterocycles. The molecule has 135 heavy (non-hydrogen) atoms. The highest BCUT2D eigenvalue weighted by Crippen LogP contribution is 2.65. The highest BCUT2D eigenvalue weighted by molar-refractivity contribution is 6.31. The normalized spacial score (nSPS) is 13.5. The van der Waals surface area contributed by atoms with Crippen LogP contribution >= 0.6 is 11.6 Å². The van der Waals surface area contributed by atoms with Gasteiger partial charge in [0.1, 0.15) is 22.3 Å². The number of hydrogen-bond donors (Lipinski definition) is 1. The Bertz CT molecular complexity index is 7990. The zero-order chi connectivity index (χ0) is 89.1. The van der Waals surface area contributed by atoms with E-state index in [9.17, 15) is 0 Å². The van der Waals surface area contributed by atoms with Gasteiger partial charge in [0.05, 0.1) is 10.8 Å². The Labute approximate surface area is 795 Å². The maximum atomic E-state index is 6.60. The van der Waals surface area contributed by atoms with E-state index in [1.165, 1.54) is 145 Å². The zero-order valence-electron chi connectivity index (χ0n) is 74.2. The molecule has 2 heterocycles. The minimum Gasteiger partial charge on any atom is -0.456 e. The third-order valence-electron chi connectivity index (χ3n) is 28.7. The number of fused-ring (bicyclic) bond motifs is 24. The van der Waals surface area contributed by atoms with Gasteiger partial charge in [0.2, 0.25) is 0 Å². The fourth-order valence-corrected chi connectivity index (χ4v) is 22.5. The topological polar surface area (TPSA) is 41.6 Å². The van der Waals surface area contributed by atoms with Crippen LogP contribution in [0.4, 0.5) is 28.4 Å². The van der Waals surface area contributed by atoms with Crippen molar-refractivity contribution in [3.05, 3.63) is 545 Å². The first-order chi connectivity index (χ1) is 65.3. The lowest BCUT2D eigenvalue weighted by Crippen LogP contribution is -2.40. The molecule has 0 radical (unpaired) electrons. The van der Waals surface area contributed by atoms with Gasteiger partial charge in [-0.15, -0.1) is 0 Å².